The minimum Gasteiger partial charge on any atom is -0.478 e. The number of hydrogen-bond donors (Lipinski definition) is 3. The van der Waals surface area contributed by atoms with Gasteiger partial charge in [-0.05, 0) is 43.3 Å². The highest BCUT2D eigenvalue weighted by atomic mass is 16.4. The van der Waals surface area contributed by atoms with Crippen molar-refractivity contribution < 1.29 is 19.8 Å². The molecule has 0 amide bonds. The average Bonchev–Trinajstić information content (AvgIpc) is 3.12. The third-order valence-electron chi connectivity index (χ3n) is 5.62. The number of likely N-dealkylation sites (N-methyl/N-ethyl adjacent to an activating group) is 1. The molecule has 0 unspecified atom stereocenters. The van der Waals surface area contributed by atoms with E-state index in [1.54, 1.807) is 0 Å². The summed E-state index contributed by atoms with van der Waals surface area (Å²) in [5.74, 6) is 0.752. The zero-order chi connectivity index (χ0) is 22.5. The van der Waals surface area contributed by atoms with E-state index in [0.29, 0.717) is 30.7 Å². The Morgan fingerprint density at radius 1 is 1.32 bits per heavy atom. The van der Waals surface area contributed by atoms with Crippen molar-refractivity contribution in [1.82, 2.24) is 14.8 Å². The Bertz CT molecular complexity index is 1060. The highest BCUT2D eigenvalue weighted by Crippen LogP contribution is 2.40. The number of carboxylic acids is 2. The summed E-state index contributed by atoms with van der Waals surface area (Å²) < 4.78 is 0. The normalized spacial score (nSPS) is 20.0. The maximum atomic E-state index is 9.55. The van der Waals surface area contributed by atoms with Gasteiger partial charge in [-0.1, -0.05) is 24.1 Å². The van der Waals surface area contributed by atoms with E-state index in [0.717, 1.165) is 19.5 Å². The minimum absolute atomic E-state index is 0.498. The number of nitrogens with zero attached hydrogens (tertiary/aromatic N) is 2. The van der Waals surface area contributed by atoms with E-state index < -0.39 is 11.9 Å². The molecule has 0 saturated carbocycles. The van der Waals surface area contributed by atoms with Crippen molar-refractivity contribution in [3.8, 4) is 12.3 Å². The lowest BCUT2D eigenvalue weighted by molar-refractivity contribution is -0.134. The van der Waals surface area contributed by atoms with Gasteiger partial charge in [-0.25, -0.2) is 9.59 Å². The molecule has 3 N–H and O–H groups in total. The number of rotatable bonds is 5. The van der Waals surface area contributed by atoms with Gasteiger partial charge in [-0.2, -0.15) is 0 Å². The molecular weight excluding hydrogens is 394 g/mol. The van der Waals surface area contributed by atoms with Gasteiger partial charge in [0.15, 0.2) is 0 Å². The lowest BCUT2D eigenvalue weighted by Gasteiger charge is -2.40. The molecule has 7 heteroatoms. The zero-order valence-electron chi connectivity index (χ0n) is 17.7. The Hall–Kier alpha value is -3.34. The molecule has 2 heterocycles. The third kappa shape index (κ3) is 5.23. The van der Waals surface area contributed by atoms with Crippen LogP contribution in [0, 0.1) is 18.3 Å². The second-order valence-electron chi connectivity index (χ2n) is 7.99. The van der Waals surface area contributed by atoms with Crippen LogP contribution in [0.1, 0.15) is 11.1 Å². The third-order valence-corrected chi connectivity index (χ3v) is 5.62. The van der Waals surface area contributed by atoms with Gasteiger partial charge in [0.2, 0.25) is 0 Å². The molecule has 0 spiro atoms. The van der Waals surface area contributed by atoms with Crippen LogP contribution < -0.4 is 0 Å². The second kappa shape index (κ2) is 9.65. The number of terminal acetylenes is 1. The Balaban J connectivity index is 0.000000293. The number of nitrogens with one attached hydrogen (secondary N) is 1. The molecule has 1 aliphatic carbocycles. The van der Waals surface area contributed by atoms with Crippen molar-refractivity contribution in [2.24, 2.45) is 5.92 Å². The standard InChI is InChI=1S/C20H23N3.C4H4O4/c1-4-8-22(2)12-14-9-17-16-6-5-7-18-20(16)15(11-21-18)10-19(17)23(3)13-14;5-3(6)1-2-4(7)8/h1,5-7,9,11,14,19,21H,8,10,12-13H2,2-3H3;1-2H,(H,5,6)(H,7,8)/b;2-1+/t14-,19+;/m0./s1. The van der Waals surface area contributed by atoms with Gasteiger partial charge in [-0.15, -0.1) is 6.42 Å². The summed E-state index contributed by atoms with van der Waals surface area (Å²) in [6.07, 6.45) is 12.3. The summed E-state index contributed by atoms with van der Waals surface area (Å²) in [5, 5.41) is 17.0. The highest BCUT2D eigenvalue weighted by Gasteiger charge is 2.33. The molecule has 31 heavy (non-hydrogen) atoms. The molecule has 1 aromatic carbocycles. The number of hydrogen-bond acceptors (Lipinski definition) is 4. The molecule has 2 atom stereocenters. The van der Waals surface area contributed by atoms with Crippen molar-refractivity contribution in [2.75, 3.05) is 33.7 Å². The van der Waals surface area contributed by atoms with E-state index in [4.69, 9.17) is 16.6 Å². The van der Waals surface area contributed by atoms with Crippen LogP contribution in [0.2, 0.25) is 0 Å². The van der Waals surface area contributed by atoms with Crippen LogP contribution in [-0.4, -0.2) is 76.7 Å². The van der Waals surface area contributed by atoms with Crippen LogP contribution in [0.15, 0.2) is 42.6 Å². The number of aliphatic carboxylic acids is 2. The topological polar surface area (TPSA) is 96.9 Å². The quantitative estimate of drug-likeness (QED) is 0.506. The molecule has 0 bridgehead atoms. The molecule has 4 rings (SSSR count). The van der Waals surface area contributed by atoms with E-state index in [2.05, 4.69) is 65.3 Å². The first-order valence-electron chi connectivity index (χ1n) is 10.1. The molecule has 0 radical (unpaired) electrons. The largest absolute Gasteiger partial charge is 0.478 e. The lowest BCUT2D eigenvalue weighted by atomic mass is 9.80. The molecule has 162 valence electrons. The molecule has 2 aromatic rings. The Morgan fingerprint density at radius 3 is 2.68 bits per heavy atom. The number of aromatic nitrogens is 1. The van der Waals surface area contributed by atoms with Gasteiger partial charge in [0, 0.05) is 54.3 Å². The summed E-state index contributed by atoms with van der Waals surface area (Å²) in [6, 6.07) is 7.11. The number of benzene rings is 1. The van der Waals surface area contributed by atoms with Crippen LogP contribution in [0.4, 0.5) is 0 Å². The smallest absolute Gasteiger partial charge is 0.328 e. The number of carboxylic acid groups (broad SMARTS) is 2. The van der Waals surface area contributed by atoms with Crippen molar-refractivity contribution >= 4 is 28.4 Å². The van der Waals surface area contributed by atoms with E-state index in [1.165, 1.54) is 27.6 Å². The van der Waals surface area contributed by atoms with Crippen molar-refractivity contribution in [1.29, 1.82) is 0 Å². The maximum Gasteiger partial charge on any atom is 0.328 e. The van der Waals surface area contributed by atoms with Gasteiger partial charge < -0.3 is 15.2 Å². The van der Waals surface area contributed by atoms with Crippen LogP contribution >= 0.6 is 0 Å². The van der Waals surface area contributed by atoms with Gasteiger partial charge in [0.1, 0.15) is 0 Å². The minimum atomic E-state index is -1.26. The fraction of sp³-hybridized carbons (Fsp3) is 0.333. The van der Waals surface area contributed by atoms with E-state index in [9.17, 15) is 9.59 Å². The Labute approximate surface area is 181 Å². The molecule has 1 aliphatic heterocycles. The highest BCUT2D eigenvalue weighted by molar-refractivity contribution is 5.98. The predicted octanol–water partition coefficient (Wildman–Crippen LogP) is 2.31. The van der Waals surface area contributed by atoms with Crippen LogP contribution in [0.25, 0.3) is 16.5 Å². The lowest BCUT2D eigenvalue weighted by Crippen LogP contribution is -2.44. The molecule has 7 nitrogen and oxygen atoms in total. The van der Waals surface area contributed by atoms with Gasteiger partial charge in [-0.3, -0.25) is 9.80 Å². The molecular formula is C24H27N3O4. The first-order chi connectivity index (χ1) is 14.8. The van der Waals surface area contributed by atoms with Crippen LogP contribution in [-0.2, 0) is 16.0 Å². The van der Waals surface area contributed by atoms with E-state index in [1.807, 2.05) is 0 Å². The summed E-state index contributed by atoms with van der Waals surface area (Å²) in [4.78, 5) is 27.3. The van der Waals surface area contributed by atoms with Gasteiger partial charge in [0.05, 0.1) is 6.54 Å². The zero-order valence-corrected chi connectivity index (χ0v) is 17.7. The van der Waals surface area contributed by atoms with E-state index in [-0.39, 0.29) is 0 Å². The summed E-state index contributed by atoms with van der Waals surface area (Å²) in [6.45, 7) is 2.82. The Kier molecular flexibility index (Phi) is 6.95. The fourth-order valence-electron chi connectivity index (χ4n) is 4.43. The maximum absolute atomic E-state index is 9.55. The number of aromatic amines is 1. The first-order valence-corrected chi connectivity index (χ1v) is 10.1. The number of carbonyl (C=O) groups is 2. The summed E-state index contributed by atoms with van der Waals surface area (Å²) >= 11 is 0. The van der Waals surface area contributed by atoms with Crippen molar-refractivity contribution in [3.63, 3.8) is 0 Å². The van der Waals surface area contributed by atoms with Crippen LogP contribution in [0.3, 0.4) is 0 Å². The monoisotopic (exact) mass is 421 g/mol. The number of fused-ring (bicyclic) bond motifs is 2. The Morgan fingerprint density at radius 2 is 2.03 bits per heavy atom. The van der Waals surface area contributed by atoms with Crippen LogP contribution in [0.5, 0.6) is 0 Å². The second-order valence-corrected chi connectivity index (χ2v) is 7.99. The molecule has 1 aromatic heterocycles. The van der Waals surface area contributed by atoms with E-state index >= 15 is 0 Å². The predicted molar refractivity (Wildman–Crippen MR) is 121 cm³/mol. The number of H-pyrrole nitrogens is 1. The summed E-state index contributed by atoms with van der Waals surface area (Å²) in [7, 11) is 4.36. The summed E-state index contributed by atoms with van der Waals surface area (Å²) in [5.41, 5.74) is 5.61. The average molecular weight is 421 g/mol. The SMILES string of the molecule is C#CCN(C)C[C@@H]1C=C2c3cccc4[nH]cc(c34)C[C@H]2N(C)C1.O=C(O)/C=C/C(=O)O. The molecule has 0 saturated heterocycles. The fourth-order valence-corrected chi connectivity index (χ4v) is 4.43. The van der Waals surface area contributed by atoms with Gasteiger partial charge in [0.25, 0.3) is 0 Å². The van der Waals surface area contributed by atoms with Crippen molar-refractivity contribution in [3.05, 3.63) is 53.8 Å². The first kappa shape index (κ1) is 22.3. The van der Waals surface area contributed by atoms with Gasteiger partial charge >= 0.3 is 11.9 Å². The molecule has 2 aliphatic rings. The molecule has 0 fully saturated rings. The van der Waals surface area contributed by atoms with Crippen molar-refractivity contribution in [2.45, 2.75) is 12.5 Å².